The summed E-state index contributed by atoms with van der Waals surface area (Å²) in [5.41, 5.74) is 6.82. The molecule has 39 heavy (non-hydrogen) atoms. The molecule has 1 aromatic heterocycles. The molecular formula is C34H35NO4. The van der Waals surface area contributed by atoms with Crippen LogP contribution in [0.15, 0.2) is 89.5 Å². The monoisotopic (exact) mass is 521 g/mol. The average molecular weight is 522 g/mol. The minimum absolute atomic E-state index is 0.0621. The van der Waals surface area contributed by atoms with Gasteiger partial charge in [0.05, 0.1) is 30.4 Å². The Balaban J connectivity index is 1.25. The van der Waals surface area contributed by atoms with Crippen molar-refractivity contribution in [2.75, 3.05) is 6.61 Å². The highest BCUT2D eigenvalue weighted by Gasteiger charge is 2.46. The van der Waals surface area contributed by atoms with Crippen LogP contribution in [-0.4, -0.2) is 22.8 Å². The van der Waals surface area contributed by atoms with E-state index < -0.39 is 6.10 Å². The second kappa shape index (κ2) is 11.8. The highest BCUT2D eigenvalue weighted by atomic mass is 16.5. The molecule has 3 aromatic carbocycles. The highest BCUT2D eigenvalue weighted by molar-refractivity contribution is 5.73. The van der Waals surface area contributed by atoms with Crippen LogP contribution < -0.4 is 0 Å². The predicted octanol–water partition coefficient (Wildman–Crippen LogP) is 7.83. The molecule has 0 saturated heterocycles. The molecule has 0 radical (unpaired) electrons. The molecule has 1 unspecified atom stereocenters. The third-order valence-electron chi connectivity index (χ3n) is 7.58. The molecule has 5 heteroatoms. The Morgan fingerprint density at radius 1 is 1.00 bits per heavy atom. The number of nitrogens with zero attached hydrogens (tertiary/aromatic N) is 1. The van der Waals surface area contributed by atoms with Crippen molar-refractivity contribution in [3.05, 3.63) is 107 Å². The van der Waals surface area contributed by atoms with Gasteiger partial charge >= 0.3 is 5.97 Å². The van der Waals surface area contributed by atoms with Gasteiger partial charge in [0.25, 0.3) is 0 Å². The Morgan fingerprint density at radius 2 is 1.64 bits per heavy atom. The zero-order chi connectivity index (χ0) is 27.2. The first-order valence-electron chi connectivity index (χ1n) is 13.7. The Morgan fingerprint density at radius 3 is 2.28 bits per heavy atom. The van der Waals surface area contributed by atoms with Gasteiger partial charge < -0.3 is 14.4 Å². The normalized spacial score (nSPS) is 14.8. The van der Waals surface area contributed by atoms with Gasteiger partial charge in [0.2, 0.25) is 0 Å². The van der Waals surface area contributed by atoms with Crippen molar-refractivity contribution in [3.63, 3.8) is 0 Å². The van der Waals surface area contributed by atoms with Crippen LogP contribution in [0.4, 0.5) is 0 Å². The van der Waals surface area contributed by atoms with Crippen molar-refractivity contribution < 1.29 is 19.2 Å². The quantitative estimate of drug-likeness (QED) is 0.204. The van der Waals surface area contributed by atoms with Crippen molar-refractivity contribution in [1.29, 1.82) is 0 Å². The van der Waals surface area contributed by atoms with Gasteiger partial charge in [0.15, 0.2) is 5.76 Å². The molecule has 1 fully saturated rings. The van der Waals surface area contributed by atoms with Gasteiger partial charge in [-0.2, -0.15) is 0 Å². The van der Waals surface area contributed by atoms with E-state index in [0.29, 0.717) is 30.9 Å². The lowest BCUT2D eigenvalue weighted by Crippen LogP contribution is -2.15. The number of aliphatic hydroxyl groups is 1. The molecule has 5 nitrogen and oxygen atoms in total. The van der Waals surface area contributed by atoms with Gasteiger partial charge in [-0.1, -0.05) is 96.2 Å². The molecule has 1 aliphatic carbocycles. The van der Waals surface area contributed by atoms with Crippen LogP contribution in [0.1, 0.15) is 67.5 Å². The molecule has 1 N–H and O–H groups in total. The first kappa shape index (κ1) is 26.6. The van der Waals surface area contributed by atoms with Crippen molar-refractivity contribution in [2.45, 2.75) is 57.5 Å². The number of aliphatic hydroxyl groups excluding tert-OH is 1. The second-order valence-electron chi connectivity index (χ2n) is 10.3. The average Bonchev–Trinajstić information content (AvgIpc) is 3.63. The SMILES string of the molecule is CCOC(=O)CC1(c2ccc(-c3ccc(-c4onc(C)c4C(O)CC/C=C/c4ccccc4)cc3)cc2)CC1. The molecule has 200 valence electrons. The molecule has 0 amide bonds. The molecule has 0 spiro atoms. The van der Waals surface area contributed by atoms with Crippen LogP contribution in [0.25, 0.3) is 28.5 Å². The summed E-state index contributed by atoms with van der Waals surface area (Å²) in [6, 6.07) is 26.8. The Bertz CT molecular complexity index is 1410. The number of esters is 1. The smallest absolute Gasteiger partial charge is 0.306 e. The fourth-order valence-corrected chi connectivity index (χ4v) is 5.20. The van der Waals surface area contributed by atoms with E-state index in [2.05, 4.69) is 65.8 Å². The van der Waals surface area contributed by atoms with Gasteiger partial charge in [-0.05, 0) is 61.8 Å². The van der Waals surface area contributed by atoms with Gasteiger partial charge in [0, 0.05) is 11.0 Å². The largest absolute Gasteiger partial charge is 0.466 e. The fourth-order valence-electron chi connectivity index (χ4n) is 5.20. The third kappa shape index (κ3) is 6.21. The number of aryl methyl sites for hydroxylation is 1. The number of carbonyl (C=O) groups excluding carboxylic acids is 1. The van der Waals surface area contributed by atoms with E-state index in [1.165, 1.54) is 5.56 Å². The molecule has 1 atom stereocenters. The number of aromatic nitrogens is 1. The van der Waals surface area contributed by atoms with E-state index in [1.807, 2.05) is 44.2 Å². The summed E-state index contributed by atoms with van der Waals surface area (Å²) in [5, 5.41) is 15.1. The van der Waals surface area contributed by atoms with Crippen molar-refractivity contribution >= 4 is 12.0 Å². The lowest BCUT2D eigenvalue weighted by atomic mass is 9.90. The van der Waals surface area contributed by atoms with Crippen LogP contribution >= 0.6 is 0 Å². The maximum absolute atomic E-state index is 12.0. The van der Waals surface area contributed by atoms with Crippen molar-refractivity contribution in [3.8, 4) is 22.5 Å². The van der Waals surface area contributed by atoms with Gasteiger partial charge in [-0.3, -0.25) is 4.79 Å². The van der Waals surface area contributed by atoms with E-state index in [0.717, 1.165) is 47.1 Å². The second-order valence-corrected chi connectivity index (χ2v) is 10.3. The predicted molar refractivity (Wildman–Crippen MR) is 154 cm³/mol. The summed E-state index contributed by atoms with van der Waals surface area (Å²) in [6.45, 7) is 4.13. The van der Waals surface area contributed by atoms with Crippen molar-refractivity contribution in [1.82, 2.24) is 5.16 Å². The van der Waals surface area contributed by atoms with Gasteiger partial charge in [0.1, 0.15) is 0 Å². The van der Waals surface area contributed by atoms with E-state index in [9.17, 15) is 9.90 Å². The van der Waals surface area contributed by atoms with Crippen LogP contribution in [0.2, 0.25) is 0 Å². The van der Waals surface area contributed by atoms with E-state index in [4.69, 9.17) is 9.26 Å². The molecule has 1 heterocycles. The summed E-state index contributed by atoms with van der Waals surface area (Å²) in [4.78, 5) is 12.0. The van der Waals surface area contributed by atoms with Crippen molar-refractivity contribution in [2.24, 2.45) is 0 Å². The zero-order valence-corrected chi connectivity index (χ0v) is 22.6. The number of hydrogen-bond donors (Lipinski definition) is 1. The lowest BCUT2D eigenvalue weighted by Gasteiger charge is -2.15. The van der Waals surface area contributed by atoms with Gasteiger partial charge in [-0.25, -0.2) is 0 Å². The van der Waals surface area contributed by atoms with Crippen LogP contribution in [-0.2, 0) is 14.9 Å². The minimum atomic E-state index is -0.664. The minimum Gasteiger partial charge on any atom is -0.466 e. The van der Waals surface area contributed by atoms with E-state index in [1.54, 1.807) is 0 Å². The Hall–Kier alpha value is -3.96. The molecule has 4 aromatic rings. The first-order valence-corrected chi connectivity index (χ1v) is 13.7. The third-order valence-corrected chi connectivity index (χ3v) is 7.58. The standard InChI is InChI=1S/C34H35NO4/c1-3-38-31(37)23-34(21-22-34)29-19-17-27(18-20-29)26-13-15-28(16-14-26)33-32(24(2)35-39-33)30(36)12-8-7-11-25-9-5-4-6-10-25/h4-7,9-11,13-20,30,36H,3,8,12,21-23H2,1-2H3/b11-7+. The molecule has 0 bridgehead atoms. The molecule has 0 aliphatic heterocycles. The summed E-state index contributed by atoms with van der Waals surface area (Å²) in [6.07, 6.45) is 7.32. The summed E-state index contributed by atoms with van der Waals surface area (Å²) in [5.74, 6) is 0.494. The molecule has 5 rings (SSSR count). The fraction of sp³-hybridized carbons (Fsp3) is 0.294. The maximum Gasteiger partial charge on any atom is 0.306 e. The van der Waals surface area contributed by atoms with Crippen LogP contribution in [0, 0.1) is 6.92 Å². The summed E-state index contributed by atoms with van der Waals surface area (Å²) < 4.78 is 10.8. The molecule has 1 aliphatic rings. The van der Waals surface area contributed by atoms with Crippen LogP contribution in [0.3, 0.4) is 0 Å². The number of benzene rings is 3. The Labute approximate surface area is 230 Å². The van der Waals surface area contributed by atoms with E-state index in [-0.39, 0.29) is 11.4 Å². The molecular weight excluding hydrogens is 486 g/mol. The topological polar surface area (TPSA) is 72.6 Å². The molecule has 1 saturated carbocycles. The van der Waals surface area contributed by atoms with Gasteiger partial charge in [-0.15, -0.1) is 0 Å². The maximum atomic E-state index is 12.0. The summed E-state index contributed by atoms with van der Waals surface area (Å²) in [7, 11) is 0. The lowest BCUT2D eigenvalue weighted by molar-refractivity contribution is -0.143. The summed E-state index contributed by atoms with van der Waals surface area (Å²) >= 11 is 0. The van der Waals surface area contributed by atoms with Crippen LogP contribution in [0.5, 0.6) is 0 Å². The highest BCUT2D eigenvalue weighted by Crippen LogP contribution is 2.51. The number of hydrogen-bond acceptors (Lipinski definition) is 5. The first-order chi connectivity index (χ1) is 19.0. The number of rotatable bonds is 11. The Kier molecular flexibility index (Phi) is 8.08. The number of ether oxygens (including phenoxy) is 1. The number of allylic oxidation sites excluding steroid dienone is 1. The zero-order valence-electron chi connectivity index (χ0n) is 22.6. The van der Waals surface area contributed by atoms with E-state index >= 15 is 0 Å². The number of carbonyl (C=O) groups is 1.